The number of hydrogen-bond donors (Lipinski definition) is 1. The molecule has 1 aromatic carbocycles. The lowest BCUT2D eigenvalue weighted by atomic mass is 10.2. The molecule has 94 valence electrons. The molecule has 1 aliphatic rings. The molecule has 0 saturated heterocycles. The summed E-state index contributed by atoms with van der Waals surface area (Å²) >= 11 is 6.19. The number of halogens is 1. The molecule has 1 N–H and O–H groups in total. The SMILES string of the molecule is CCCNCc1cccc(Cl)c1OCC1CC1. The Morgan fingerprint density at radius 1 is 1.41 bits per heavy atom. The Kier molecular flexibility index (Phi) is 4.69. The number of benzene rings is 1. The molecule has 2 rings (SSSR count). The largest absolute Gasteiger partial charge is 0.491 e. The summed E-state index contributed by atoms with van der Waals surface area (Å²) in [6, 6.07) is 5.96. The van der Waals surface area contributed by atoms with E-state index in [1.54, 1.807) is 0 Å². The first-order valence-electron chi connectivity index (χ1n) is 6.42. The lowest BCUT2D eigenvalue weighted by Crippen LogP contribution is -2.15. The van der Waals surface area contributed by atoms with Crippen molar-refractivity contribution in [2.75, 3.05) is 13.2 Å². The zero-order chi connectivity index (χ0) is 12.1. The van der Waals surface area contributed by atoms with Gasteiger partial charge >= 0.3 is 0 Å². The van der Waals surface area contributed by atoms with E-state index in [0.717, 1.165) is 48.4 Å². The summed E-state index contributed by atoms with van der Waals surface area (Å²) in [7, 11) is 0. The molecule has 1 aliphatic carbocycles. The Morgan fingerprint density at radius 2 is 2.24 bits per heavy atom. The van der Waals surface area contributed by atoms with Gasteiger partial charge < -0.3 is 10.1 Å². The van der Waals surface area contributed by atoms with E-state index in [9.17, 15) is 0 Å². The van der Waals surface area contributed by atoms with Crippen molar-refractivity contribution in [2.45, 2.75) is 32.7 Å². The Hall–Kier alpha value is -0.730. The van der Waals surface area contributed by atoms with Crippen LogP contribution in [-0.4, -0.2) is 13.2 Å². The van der Waals surface area contributed by atoms with E-state index < -0.39 is 0 Å². The summed E-state index contributed by atoms with van der Waals surface area (Å²) in [6.07, 6.45) is 3.74. The van der Waals surface area contributed by atoms with Crippen LogP contribution >= 0.6 is 11.6 Å². The maximum Gasteiger partial charge on any atom is 0.142 e. The summed E-state index contributed by atoms with van der Waals surface area (Å²) in [4.78, 5) is 0. The van der Waals surface area contributed by atoms with Crippen molar-refractivity contribution in [1.82, 2.24) is 5.32 Å². The van der Waals surface area contributed by atoms with E-state index >= 15 is 0 Å². The van der Waals surface area contributed by atoms with Gasteiger partial charge in [0.15, 0.2) is 0 Å². The highest BCUT2D eigenvalue weighted by molar-refractivity contribution is 6.32. The average Bonchev–Trinajstić information content (AvgIpc) is 3.12. The fourth-order valence-corrected chi connectivity index (χ4v) is 1.99. The molecule has 2 nitrogen and oxygen atoms in total. The molecule has 0 aromatic heterocycles. The molecule has 1 fully saturated rings. The molecule has 0 atom stereocenters. The van der Waals surface area contributed by atoms with Crippen molar-refractivity contribution in [3.8, 4) is 5.75 Å². The molecule has 3 heteroatoms. The van der Waals surface area contributed by atoms with E-state index in [4.69, 9.17) is 16.3 Å². The van der Waals surface area contributed by atoms with Crippen molar-refractivity contribution >= 4 is 11.6 Å². The van der Waals surface area contributed by atoms with Crippen LogP contribution < -0.4 is 10.1 Å². The summed E-state index contributed by atoms with van der Waals surface area (Å²) in [5.41, 5.74) is 1.16. The average molecular weight is 254 g/mol. The standard InChI is InChI=1S/C14H20ClNO/c1-2-8-16-9-12-4-3-5-13(15)14(12)17-10-11-6-7-11/h3-5,11,16H,2,6-10H2,1H3. The summed E-state index contributed by atoms with van der Waals surface area (Å²) in [5.74, 6) is 1.62. The van der Waals surface area contributed by atoms with Crippen molar-refractivity contribution in [3.63, 3.8) is 0 Å². The Bertz CT molecular complexity index is 363. The number of nitrogens with one attached hydrogen (secondary N) is 1. The zero-order valence-corrected chi connectivity index (χ0v) is 11.1. The van der Waals surface area contributed by atoms with Crippen LogP contribution in [0.15, 0.2) is 18.2 Å². The normalized spacial score (nSPS) is 14.9. The van der Waals surface area contributed by atoms with Crippen molar-refractivity contribution < 1.29 is 4.74 Å². The van der Waals surface area contributed by atoms with Crippen molar-refractivity contribution in [2.24, 2.45) is 5.92 Å². The van der Waals surface area contributed by atoms with Crippen LogP contribution in [0.2, 0.25) is 5.02 Å². The van der Waals surface area contributed by atoms with E-state index in [-0.39, 0.29) is 0 Å². The molecule has 0 aliphatic heterocycles. The Labute approximate surface area is 108 Å². The van der Waals surface area contributed by atoms with Gasteiger partial charge in [0.25, 0.3) is 0 Å². The van der Waals surface area contributed by atoms with Crippen LogP contribution in [0.3, 0.4) is 0 Å². The van der Waals surface area contributed by atoms with Crippen LogP contribution in [0.25, 0.3) is 0 Å². The number of para-hydroxylation sites is 1. The van der Waals surface area contributed by atoms with Gasteiger partial charge in [-0.1, -0.05) is 30.7 Å². The number of rotatable bonds is 7. The first kappa shape index (κ1) is 12.7. The maximum absolute atomic E-state index is 6.19. The second kappa shape index (κ2) is 6.27. The number of ether oxygens (including phenoxy) is 1. The van der Waals surface area contributed by atoms with Gasteiger partial charge in [0.2, 0.25) is 0 Å². The first-order valence-corrected chi connectivity index (χ1v) is 6.80. The second-order valence-electron chi connectivity index (χ2n) is 4.66. The zero-order valence-electron chi connectivity index (χ0n) is 10.3. The monoisotopic (exact) mass is 253 g/mol. The van der Waals surface area contributed by atoms with Crippen LogP contribution in [-0.2, 0) is 6.54 Å². The molecule has 1 saturated carbocycles. The minimum Gasteiger partial charge on any atom is -0.491 e. The van der Waals surface area contributed by atoms with Crippen molar-refractivity contribution in [3.05, 3.63) is 28.8 Å². The fraction of sp³-hybridized carbons (Fsp3) is 0.571. The van der Waals surface area contributed by atoms with Crippen molar-refractivity contribution in [1.29, 1.82) is 0 Å². The summed E-state index contributed by atoms with van der Waals surface area (Å²) < 4.78 is 5.85. The predicted molar refractivity (Wildman–Crippen MR) is 71.7 cm³/mol. The predicted octanol–water partition coefficient (Wildman–Crippen LogP) is 3.63. The molecular formula is C14H20ClNO. The van der Waals surface area contributed by atoms with Crippen LogP contribution in [0, 0.1) is 5.92 Å². The molecular weight excluding hydrogens is 234 g/mol. The number of hydrogen-bond acceptors (Lipinski definition) is 2. The lowest BCUT2D eigenvalue weighted by Gasteiger charge is -2.13. The van der Waals surface area contributed by atoms with E-state index in [1.165, 1.54) is 12.8 Å². The van der Waals surface area contributed by atoms with Crippen LogP contribution in [0.5, 0.6) is 5.75 Å². The summed E-state index contributed by atoms with van der Waals surface area (Å²) in [5, 5.41) is 4.11. The van der Waals surface area contributed by atoms with E-state index in [1.807, 2.05) is 12.1 Å². The maximum atomic E-state index is 6.19. The molecule has 17 heavy (non-hydrogen) atoms. The van der Waals surface area contributed by atoms with E-state index in [0.29, 0.717) is 0 Å². The highest BCUT2D eigenvalue weighted by Crippen LogP contribution is 2.33. The quantitative estimate of drug-likeness (QED) is 0.750. The van der Waals surface area contributed by atoms with Gasteiger partial charge in [-0.2, -0.15) is 0 Å². The van der Waals surface area contributed by atoms with E-state index in [2.05, 4.69) is 18.3 Å². The first-order chi connectivity index (χ1) is 8.31. The molecule has 0 radical (unpaired) electrons. The van der Waals surface area contributed by atoms with Gasteiger partial charge in [-0.3, -0.25) is 0 Å². The molecule has 0 amide bonds. The minimum absolute atomic E-state index is 0.724. The fourth-order valence-electron chi connectivity index (χ4n) is 1.74. The lowest BCUT2D eigenvalue weighted by molar-refractivity contribution is 0.296. The highest BCUT2D eigenvalue weighted by atomic mass is 35.5. The molecule has 0 bridgehead atoms. The molecule has 0 spiro atoms. The second-order valence-corrected chi connectivity index (χ2v) is 5.07. The highest BCUT2D eigenvalue weighted by Gasteiger charge is 2.22. The third kappa shape index (κ3) is 3.90. The smallest absolute Gasteiger partial charge is 0.142 e. The van der Waals surface area contributed by atoms with Gasteiger partial charge in [0, 0.05) is 12.1 Å². The third-order valence-corrected chi connectivity index (χ3v) is 3.25. The van der Waals surface area contributed by atoms with Crippen LogP contribution in [0.1, 0.15) is 31.7 Å². The Morgan fingerprint density at radius 3 is 2.94 bits per heavy atom. The van der Waals surface area contributed by atoms with Crippen LogP contribution in [0.4, 0.5) is 0 Å². The molecule has 0 heterocycles. The van der Waals surface area contributed by atoms with Gasteiger partial charge in [0.05, 0.1) is 11.6 Å². The van der Waals surface area contributed by atoms with Gasteiger partial charge in [-0.25, -0.2) is 0 Å². The minimum atomic E-state index is 0.724. The topological polar surface area (TPSA) is 21.3 Å². The van der Waals surface area contributed by atoms with Gasteiger partial charge in [-0.05, 0) is 37.8 Å². The summed E-state index contributed by atoms with van der Waals surface area (Å²) in [6.45, 7) is 4.82. The Balaban J connectivity index is 1.98. The molecule has 1 aromatic rings. The van der Waals surface area contributed by atoms with Gasteiger partial charge in [-0.15, -0.1) is 0 Å². The van der Waals surface area contributed by atoms with Gasteiger partial charge in [0.1, 0.15) is 5.75 Å². The molecule has 0 unspecified atom stereocenters. The third-order valence-electron chi connectivity index (χ3n) is 2.95.